The second-order valence-electron chi connectivity index (χ2n) is 7.10. The number of carbonyl (C=O) groups excluding carboxylic acids is 2. The number of fused-ring (bicyclic) bond motifs is 1. The van der Waals surface area contributed by atoms with E-state index in [9.17, 15) is 14.4 Å². The number of ether oxygens (including phenoxy) is 2. The lowest BCUT2D eigenvalue weighted by Gasteiger charge is -2.32. The van der Waals surface area contributed by atoms with E-state index in [0.29, 0.717) is 49.0 Å². The van der Waals surface area contributed by atoms with Gasteiger partial charge in [0.25, 0.3) is 11.5 Å². The van der Waals surface area contributed by atoms with Gasteiger partial charge in [-0.1, -0.05) is 18.2 Å². The molecule has 7 nitrogen and oxygen atoms in total. The number of hydrogen-bond donors (Lipinski definition) is 0. The van der Waals surface area contributed by atoms with E-state index in [-0.39, 0.29) is 23.4 Å². The minimum absolute atomic E-state index is 0.0844. The first kappa shape index (κ1) is 20.1. The second kappa shape index (κ2) is 9.01. The summed E-state index contributed by atoms with van der Waals surface area (Å²) in [4.78, 5) is 39.2. The normalized spacial score (nSPS) is 15.0. The Hall–Kier alpha value is -2.67. The van der Waals surface area contributed by atoms with Crippen LogP contribution in [0.5, 0.6) is 0 Å². The number of hydrogen-bond acceptors (Lipinski definition) is 5. The van der Waals surface area contributed by atoms with Crippen LogP contribution in [0.1, 0.15) is 29.6 Å². The van der Waals surface area contributed by atoms with E-state index in [1.165, 1.54) is 7.11 Å². The van der Waals surface area contributed by atoms with Gasteiger partial charge >= 0.3 is 5.97 Å². The quantitative estimate of drug-likeness (QED) is 0.710. The van der Waals surface area contributed by atoms with E-state index >= 15 is 0 Å². The number of nitrogens with zero attached hydrogens (tertiary/aromatic N) is 2. The number of likely N-dealkylation sites (tertiary alicyclic amines) is 1. The number of amides is 1. The Balaban J connectivity index is 1.84. The molecule has 1 aliphatic rings. The standard InChI is InChI=1S/C21H26N2O5/c1-27-12-11-23-14-18(16-5-3-4-6-17(16)20(23)25)21(26)22-9-7-15(8-10-22)13-19(24)28-2/h3-6,14-15H,7-13H2,1-2H3. The summed E-state index contributed by atoms with van der Waals surface area (Å²) in [6, 6.07) is 7.20. The van der Waals surface area contributed by atoms with E-state index in [1.54, 1.807) is 34.9 Å². The minimum atomic E-state index is -0.207. The summed E-state index contributed by atoms with van der Waals surface area (Å²) in [6.07, 6.45) is 3.57. The molecule has 7 heteroatoms. The van der Waals surface area contributed by atoms with Gasteiger partial charge in [-0.15, -0.1) is 0 Å². The topological polar surface area (TPSA) is 77.8 Å². The highest BCUT2D eigenvalue weighted by Crippen LogP contribution is 2.24. The van der Waals surface area contributed by atoms with Crippen molar-refractivity contribution in [2.45, 2.75) is 25.8 Å². The molecule has 1 aromatic carbocycles. The molecular formula is C21H26N2O5. The maximum atomic E-state index is 13.2. The number of benzene rings is 1. The number of esters is 1. The number of aromatic nitrogens is 1. The summed E-state index contributed by atoms with van der Waals surface area (Å²) in [5.74, 6) is -0.0521. The van der Waals surface area contributed by atoms with Gasteiger partial charge in [-0.05, 0) is 24.8 Å². The molecule has 1 aliphatic heterocycles. The highest BCUT2D eigenvalue weighted by Gasteiger charge is 2.27. The molecule has 2 heterocycles. The largest absolute Gasteiger partial charge is 0.469 e. The molecule has 1 aromatic heterocycles. The molecule has 0 N–H and O–H groups in total. The summed E-state index contributed by atoms with van der Waals surface area (Å²) in [7, 11) is 2.97. The molecule has 0 aliphatic carbocycles. The average Bonchev–Trinajstić information content (AvgIpc) is 2.73. The SMILES string of the molecule is COCCn1cc(C(=O)N2CCC(CC(=O)OC)CC2)c2ccccc2c1=O. The lowest BCUT2D eigenvalue weighted by Crippen LogP contribution is -2.39. The van der Waals surface area contributed by atoms with Crippen LogP contribution in [0.4, 0.5) is 0 Å². The minimum Gasteiger partial charge on any atom is -0.469 e. The van der Waals surface area contributed by atoms with Crippen LogP contribution in [-0.4, -0.2) is 55.3 Å². The third-order valence-corrected chi connectivity index (χ3v) is 5.34. The van der Waals surface area contributed by atoms with Crippen LogP contribution in [0, 0.1) is 5.92 Å². The van der Waals surface area contributed by atoms with Crippen LogP contribution in [0.2, 0.25) is 0 Å². The van der Waals surface area contributed by atoms with Crippen LogP contribution >= 0.6 is 0 Å². The van der Waals surface area contributed by atoms with Crippen molar-refractivity contribution in [3.05, 3.63) is 46.4 Å². The first-order valence-electron chi connectivity index (χ1n) is 9.52. The first-order valence-corrected chi connectivity index (χ1v) is 9.52. The van der Waals surface area contributed by atoms with E-state index in [0.717, 1.165) is 12.8 Å². The monoisotopic (exact) mass is 386 g/mol. The molecule has 1 amide bonds. The average molecular weight is 386 g/mol. The fourth-order valence-electron chi connectivity index (χ4n) is 3.70. The number of rotatable bonds is 6. The lowest BCUT2D eigenvalue weighted by molar-refractivity contribution is -0.142. The molecule has 3 rings (SSSR count). The Labute approximate surface area is 163 Å². The fourth-order valence-corrected chi connectivity index (χ4v) is 3.70. The summed E-state index contributed by atoms with van der Waals surface area (Å²) >= 11 is 0. The highest BCUT2D eigenvalue weighted by molar-refractivity contribution is 6.06. The zero-order valence-corrected chi connectivity index (χ0v) is 16.3. The van der Waals surface area contributed by atoms with E-state index in [1.807, 2.05) is 12.1 Å². The third kappa shape index (κ3) is 4.25. The molecule has 0 bridgehead atoms. The van der Waals surface area contributed by atoms with Gasteiger partial charge in [0.1, 0.15) is 0 Å². The van der Waals surface area contributed by atoms with Crippen LogP contribution in [-0.2, 0) is 20.8 Å². The van der Waals surface area contributed by atoms with Gasteiger partial charge in [0.2, 0.25) is 0 Å². The molecule has 0 spiro atoms. The van der Waals surface area contributed by atoms with Gasteiger partial charge in [-0.3, -0.25) is 14.4 Å². The molecule has 1 saturated heterocycles. The Morgan fingerprint density at radius 1 is 1.11 bits per heavy atom. The van der Waals surface area contributed by atoms with Crippen LogP contribution in [0.25, 0.3) is 10.8 Å². The summed E-state index contributed by atoms with van der Waals surface area (Å²) in [5.41, 5.74) is 0.402. The molecule has 0 atom stereocenters. The Morgan fingerprint density at radius 2 is 1.79 bits per heavy atom. The van der Waals surface area contributed by atoms with E-state index in [2.05, 4.69) is 0 Å². The first-order chi connectivity index (χ1) is 13.5. The van der Waals surface area contributed by atoms with Gasteiger partial charge in [0.15, 0.2) is 0 Å². The molecule has 2 aromatic rings. The van der Waals surface area contributed by atoms with E-state index in [4.69, 9.17) is 9.47 Å². The Kier molecular flexibility index (Phi) is 6.46. The van der Waals surface area contributed by atoms with Crippen molar-refractivity contribution in [2.24, 2.45) is 5.92 Å². The molecule has 150 valence electrons. The second-order valence-corrected chi connectivity index (χ2v) is 7.10. The van der Waals surface area contributed by atoms with E-state index < -0.39 is 0 Å². The smallest absolute Gasteiger partial charge is 0.305 e. The molecule has 0 saturated carbocycles. The number of methoxy groups -OCH3 is 2. The van der Waals surface area contributed by atoms with Crippen LogP contribution < -0.4 is 5.56 Å². The summed E-state index contributed by atoms with van der Waals surface area (Å²) in [6.45, 7) is 1.96. The van der Waals surface area contributed by atoms with Crippen molar-refractivity contribution in [3.63, 3.8) is 0 Å². The van der Waals surface area contributed by atoms with Crippen molar-refractivity contribution < 1.29 is 19.1 Å². The Bertz CT molecular complexity index is 913. The predicted molar refractivity (Wildman–Crippen MR) is 105 cm³/mol. The van der Waals surface area contributed by atoms with Gasteiger partial charge in [-0.25, -0.2) is 0 Å². The van der Waals surface area contributed by atoms with Crippen molar-refractivity contribution >= 4 is 22.6 Å². The maximum absolute atomic E-state index is 13.2. The van der Waals surface area contributed by atoms with Crippen molar-refractivity contribution in [1.82, 2.24) is 9.47 Å². The molecule has 1 fully saturated rings. The molecule has 28 heavy (non-hydrogen) atoms. The highest BCUT2D eigenvalue weighted by atomic mass is 16.5. The summed E-state index contributed by atoms with van der Waals surface area (Å²) < 4.78 is 11.4. The number of pyridine rings is 1. The number of carbonyl (C=O) groups is 2. The Morgan fingerprint density at radius 3 is 2.43 bits per heavy atom. The van der Waals surface area contributed by atoms with Crippen LogP contribution in [0.15, 0.2) is 35.3 Å². The van der Waals surface area contributed by atoms with Gasteiger partial charge in [-0.2, -0.15) is 0 Å². The van der Waals surface area contributed by atoms with Crippen LogP contribution in [0.3, 0.4) is 0 Å². The molecule has 0 unspecified atom stereocenters. The van der Waals surface area contributed by atoms with Crippen molar-refractivity contribution in [3.8, 4) is 0 Å². The third-order valence-electron chi connectivity index (χ3n) is 5.34. The van der Waals surface area contributed by atoms with Gasteiger partial charge < -0.3 is 18.9 Å². The zero-order valence-electron chi connectivity index (χ0n) is 16.3. The van der Waals surface area contributed by atoms with Crippen molar-refractivity contribution in [1.29, 1.82) is 0 Å². The fraction of sp³-hybridized carbons (Fsp3) is 0.476. The van der Waals surface area contributed by atoms with Gasteiger partial charge in [0.05, 0.1) is 19.3 Å². The number of piperidine rings is 1. The maximum Gasteiger partial charge on any atom is 0.305 e. The van der Waals surface area contributed by atoms with Gasteiger partial charge in [0, 0.05) is 50.1 Å². The molecule has 0 radical (unpaired) electrons. The lowest BCUT2D eigenvalue weighted by atomic mass is 9.93. The molecular weight excluding hydrogens is 360 g/mol. The summed E-state index contributed by atoms with van der Waals surface area (Å²) in [5, 5.41) is 1.20. The van der Waals surface area contributed by atoms with Crippen molar-refractivity contribution in [2.75, 3.05) is 33.9 Å². The predicted octanol–water partition coefficient (Wildman–Crippen LogP) is 2.06. The zero-order chi connectivity index (χ0) is 20.1.